The van der Waals surface area contributed by atoms with Crippen molar-refractivity contribution in [2.75, 3.05) is 18.1 Å². The van der Waals surface area contributed by atoms with E-state index < -0.39 is 10.0 Å². The van der Waals surface area contributed by atoms with E-state index in [1.165, 1.54) is 10.6 Å². The first-order valence-corrected chi connectivity index (χ1v) is 9.45. The minimum atomic E-state index is -3.39. The lowest BCUT2D eigenvalue weighted by Crippen LogP contribution is -2.42. The van der Waals surface area contributed by atoms with Crippen LogP contribution in [0.3, 0.4) is 0 Å². The van der Waals surface area contributed by atoms with Gasteiger partial charge in [0, 0.05) is 37.2 Å². The van der Waals surface area contributed by atoms with E-state index in [1.807, 2.05) is 18.2 Å². The maximum Gasteiger partial charge on any atom is 0.211 e. The highest BCUT2D eigenvalue weighted by molar-refractivity contribution is 7.88. The first kappa shape index (κ1) is 16.4. The normalized spacial score (nSPS) is 18.1. The Kier molecular flexibility index (Phi) is 4.51. The number of sulfonamides is 1. The highest BCUT2D eigenvalue weighted by atomic mass is 32.2. The first-order chi connectivity index (χ1) is 11.5. The number of rotatable bonds is 3. The molecule has 0 amide bonds. The van der Waals surface area contributed by atoms with Gasteiger partial charge in [0.05, 0.1) is 17.9 Å². The van der Waals surface area contributed by atoms with Crippen LogP contribution in [0, 0.1) is 11.3 Å². The van der Waals surface area contributed by atoms with Gasteiger partial charge in [0.15, 0.2) is 0 Å². The van der Waals surface area contributed by atoms with Crippen molar-refractivity contribution in [3.8, 4) is 6.07 Å². The zero-order valence-corrected chi connectivity index (χ0v) is 14.1. The van der Waals surface area contributed by atoms with Crippen molar-refractivity contribution >= 4 is 15.7 Å². The smallest absolute Gasteiger partial charge is 0.211 e. The van der Waals surface area contributed by atoms with Gasteiger partial charge in [-0.15, -0.1) is 0 Å². The fraction of sp³-hybridized carbons (Fsp3) is 0.294. The molecule has 0 saturated heterocycles. The molecule has 1 aromatic heterocycles. The number of aromatic nitrogens is 1. The fourth-order valence-electron chi connectivity index (χ4n) is 2.95. The highest BCUT2D eigenvalue weighted by Crippen LogP contribution is 2.26. The lowest BCUT2D eigenvalue weighted by Gasteiger charge is -2.27. The van der Waals surface area contributed by atoms with Crippen LogP contribution < -0.4 is 5.32 Å². The van der Waals surface area contributed by atoms with Gasteiger partial charge in [0.2, 0.25) is 10.0 Å². The molecule has 1 aliphatic rings. The van der Waals surface area contributed by atoms with E-state index in [0.29, 0.717) is 18.5 Å². The quantitative estimate of drug-likeness (QED) is 0.918. The Morgan fingerprint density at radius 3 is 2.92 bits per heavy atom. The minimum Gasteiger partial charge on any atom is -0.383 e. The summed E-state index contributed by atoms with van der Waals surface area (Å²) in [7, 11) is -3.39. The topological polar surface area (TPSA) is 86.1 Å². The molecule has 7 heteroatoms. The molecule has 6 nitrogen and oxygen atoms in total. The Hall–Kier alpha value is -2.43. The molecule has 0 fully saturated rings. The maximum atomic E-state index is 12.3. The molecular formula is C17H18N4O2S. The Morgan fingerprint density at radius 2 is 2.25 bits per heavy atom. The summed E-state index contributed by atoms with van der Waals surface area (Å²) in [6.07, 6.45) is 5.25. The fourth-order valence-corrected chi connectivity index (χ4v) is 4.01. The Balaban J connectivity index is 1.95. The number of pyridine rings is 1. The van der Waals surface area contributed by atoms with Gasteiger partial charge < -0.3 is 5.32 Å². The van der Waals surface area contributed by atoms with E-state index in [0.717, 1.165) is 16.8 Å². The molecule has 1 aromatic carbocycles. The summed E-state index contributed by atoms with van der Waals surface area (Å²) in [6.45, 7) is 0.752. The molecule has 24 heavy (non-hydrogen) atoms. The summed E-state index contributed by atoms with van der Waals surface area (Å²) in [4.78, 5) is 4.10. The van der Waals surface area contributed by atoms with Crippen molar-refractivity contribution in [1.82, 2.24) is 9.29 Å². The number of hydrogen-bond acceptors (Lipinski definition) is 5. The summed E-state index contributed by atoms with van der Waals surface area (Å²) in [5.74, 6) is 0. The summed E-state index contributed by atoms with van der Waals surface area (Å²) >= 11 is 0. The van der Waals surface area contributed by atoms with Crippen LogP contribution >= 0.6 is 0 Å². The number of nitrogens with one attached hydrogen (secondary N) is 1. The molecule has 1 N–H and O–H groups in total. The molecule has 0 aliphatic carbocycles. The SMILES string of the molecule is CS(=O)(=O)N1Cc2cc(C#N)ccc2NC[C@H]1Cc1cccnc1. The second kappa shape index (κ2) is 6.59. The Morgan fingerprint density at radius 1 is 1.42 bits per heavy atom. The predicted octanol–water partition coefficient (Wildman–Crippen LogP) is 1.75. The molecule has 1 aliphatic heterocycles. The Labute approximate surface area is 141 Å². The summed E-state index contributed by atoms with van der Waals surface area (Å²) in [5.41, 5.74) is 3.20. The van der Waals surface area contributed by atoms with Crippen LogP contribution in [0.4, 0.5) is 5.69 Å². The molecule has 2 heterocycles. The van der Waals surface area contributed by atoms with Crippen molar-refractivity contribution < 1.29 is 8.42 Å². The lowest BCUT2D eigenvalue weighted by molar-refractivity contribution is 0.328. The van der Waals surface area contributed by atoms with E-state index in [4.69, 9.17) is 5.26 Å². The third-order valence-electron chi connectivity index (χ3n) is 4.12. The van der Waals surface area contributed by atoms with Crippen LogP contribution in [-0.4, -0.2) is 36.5 Å². The molecule has 2 aromatic rings. The summed E-state index contributed by atoms with van der Waals surface area (Å²) in [6, 6.07) is 11.0. The van der Waals surface area contributed by atoms with Crippen LogP contribution in [0.1, 0.15) is 16.7 Å². The second-order valence-corrected chi connectivity index (χ2v) is 7.83. The maximum absolute atomic E-state index is 12.3. The molecule has 1 atom stereocenters. The molecule has 0 radical (unpaired) electrons. The van der Waals surface area contributed by atoms with Gasteiger partial charge >= 0.3 is 0 Å². The zero-order valence-electron chi connectivity index (χ0n) is 13.3. The monoisotopic (exact) mass is 342 g/mol. The average Bonchev–Trinajstić information content (AvgIpc) is 2.75. The van der Waals surface area contributed by atoms with Crippen LogP contribution in [0.25, 0.3) is 0 Å². The van der Waals surface area contributed by atoms with Crippen molar-refractivity contribution in [2.45, 2.75) is 19.0 Å². The molecule has 124 valence electrons. The van der Waals surface area contributed by atoms with Gasteiger partial charge in [-0.25, -0.2) is 8.42 Å². The Bertz CT molecular complexity index is 875. The van der Waals surface area contributed by atoms with Crippen LogP contribution in [0.5, 0.6) is 0 Å². The van der Waals surface area contributed by atoms with Crippen LogP contribution in [0.15, 0.2) is 42.7 Å². The van der Waals surface area contributed by atoms with Gasteiger partial charge in [-0.2, -0.15) is 9.57 Å². The van der Waals surface area contributed by atoms with Gasteiger partial charge in [0.25, 0.3) is 0 Å². The first-order valence-electron chi connectivity index (χ1n) is 7.60. The largest absolute Gasteiger partial charge is 0.383 e. The van der Waals surface area contributed by atoms with Crippen LogP contribution in [-0.2, 0) is 23.0 Å². The van der Waals surface area contributed by atoms with Gasteiger partial charge in [0.1, 0.15) is 0 Å². The van der Waals surface area contributed by atoms with Gasteiger partial charge in [-0.3, -0.25) is 4.98 Å². The van der Waals surface area contributed by atoms with E-state index in [1.54, 1.807) is 24.5 Å². The number of nitrogens with zero attached hydrogens (tertiary/aromatic N) is 3. The van der Waals surface area contributed by atoms with E-state index >= 15 is 0 Å². The standard InChI is InChI=1S/C17H18N4O2S/c1-24(22,23)21-12-15-7-13(9-18)4-5-17(15)20-11-16(21)8-14-3-2-6-19-10-14/h2-7,10,16,20H,8,11-12H2,1H3/t16-/m1/s1. The number of fused-ring (bicyclic) bond motifs is 1. The molecular weight excluding hydrogens is 324 g/mol. The van der Waals surface area contributed by atoms with Crippen molar-refractivity contribution in [1.29, 1.82) is 5.26 Å². The third-order valence-corrected chi connectivity index (χ3v) is 5.40. The molecule has 0 saturated carbocycles. The van der Waals surface area contributed by atoms with Crippen LogP contribution in [0.2, 0.25) is 0 Å². The predicted molar refractivity (Wildman–Crippen MR) is 91.8 cm³/mol. The molecule has 0 unspecified atom stereocenters. The van der Waals surface area contributed by atoms with E-state index in [9.17, 15) is 8.42 Å². The van der Waals surface area contributed by atoms with Crippen molar-refractivity contribution in [3.05, 3.63) is 59.4 Å². The number of anilines is 1. The molecule has 0 spiro atoms. The molecule has 0 bridgehead atoms. The average molecular weight is 342 g/mol. The molecule has 3 rings (SSSR count). The zero-order chi connectivity index (χ0) is 17.2. The van der Waals surface area contributed by atoms with E-state index in [-0.39, 0.29) is 12.6 Å². The van der Waals surface area contributed by atoms with E-state index in [2.05, 4.69) is 16.4 Å². The highest BCUT2D eigenvalue weighted by Gasteiger charge is 2.30. The van der Waals surface area contributed by atoms with Crippen molar-refractivity contribution in [3.63, 3.8) is 0 Å². The van der Waals surface area contributed by atoms with Crippen molar-refractivity contribution in [2.24, 2.45) is 0 Å². The third kappa shape index (κ3) is 3.55. The number of hydrogen-bond donors (Lipinski definition) is 1. The second-order valence-electron chi connectivity index (χ2n) is 5.89. The van der Waals surface area contributed by atoms with Gasteiger partial charge in [-0.05, 0) is 41.8 Å². The summed E-state index contributed by atoms with van der Waals surface area (Å²) < 4.78 is 26.1. The summed E-state index contributed by atoms with van der Waals surface area (Å²) in [5, 5.41) is 12.4. The van der Waals surface area contributed by atoms with Gasteiger partial charge in [-0.1, -0.05) is 6.07 Å². The minimum absolute atomic E-state index is 0.220. The number of nitriles is 1. The lowest BCUT2D eigenvalue weighted by atomic mass is 10.1. The number of benzene rings is 1.